The number of benzene rings is 1. The second-order valence-corrected chi connectivity index (χ2v) is 9.86. The van der Waals surface area contributed by atoms with Crippen molar-refractivity contribution in [3.63, 3.8) is 0 Å². The highest BCUT2D eigenvalue weighted by atomic mass is 19.2. The molecule has 212 valence electrons. The van der Waals surface area contributed by atoms with Gasteiger partial charge >= 0.3 is 0 Å². The largest absolute Gasteiger partial charge is 0.395 e. The number of aliphatic hydroxyl groups is 1. The summed E-state index contributed by atoms with van der Waals surface area (Å²) in [6.07, 6.45) is 4.97. The van der Waals surface area contributed by atoms with Gasteiger partial charge in [0, 0.05) is 56.3 Å². The van der Waals surface area contributed by atoms with E-state index in [0.717, 1.165) is 44.0 Å². The zero-order valence-electron chi connectivity index (χ0n) is 23.0. The summed E-state index contributed by atoms with van der Waals surface area (Å²) in [5.41, 5.74) is 3.23. The van der Waals surface area contributed by atoms with Crippen LogP contribution in [0.4, 0.5) is 20.2 Å². The molecule has 40 heavy (non-hydrogen) atoms. The van der Waals surface area contributed by atoms with E-state index in [4.69, 9.17) is 5.11 Å². The summed E-state index contributed by atoms with van der Waals surface area (Å²) < 4.78 is 29.6. The number of amides is 1. The van der Waals surface area contributed by atoms with Gasteiger partial charge in [0.25, 0.3) is 5.91 Å². The Hall–Kier alpha value is -4.09. The molecule has 4 rings (SSSR count). The number of hydrogen-bond donors (Lipinski definition) is 3. The van der Waals surface area contributed by atoms with Crippen LogP contribution in [0.25, 0.3) is 17.1 Å². The summed E-state index contributed by atoms with van der Waals surface area (Å²) in [5, 5.41) is 12.0. The Labute approximate surface area is 232 Å². The lowest BCUT2D eigenvalue weighted by Crippen LogP contribution is -2.47. The average Bonchev–Trinajstić information content (AvgIpc) is 3.61. The molecule has 3 heterocycles. The third kappa shape index (κ3) is 6.54. The molecule has 0 radical (unpaired) electrons. The molecule has 9 nitrogen and oxygen atoms in total. The maximum atomic E-state index is 14.2. The molecule has 0 aliphatic carbocycles. The Kier molecular flexibility index (Phi) is 9.28. The van der Waals surface area contributed by atoms with E-state index < -0.39 is 11.7 Å². The molecule has 3 aromatic rings. The van der Waals surface area contributed by atoms with Gasteiger partial charge in [-0.3, -0.25) is 9.69 Å². The van der Waals surface area contributed by atoms with E-state index in [0.29, 0.717) is 35.0 Å². The number of carbonyl (C=O) groups excluding carboxylic acids is 1. The first-order valence-corrected chi connectivity index (χ1v) is 13.2. The summed E-state index contributed by atoms with van der Waals surface area (Å²) in [7, 11) is 0. The van der Waals surface area contributed by atoms with Gasteiger partial charge in [-0.25, -0.2) is 18.7 Å². The SMILES string of the molecule is C=C/C(F)=C(F)\C=C(/C)c1ncn(C(C)C)c1-c1nc(C(=O)Nc2ccc(N3CCN(CCO)CC3)cc2)c[nH]1. The molecule has 0 unspecified atom stereocenters. The lowest BCUT2D eigenvalue weighted by Gasteiger charge is -2.35. The highest BCUT2D eigenvalue weighted by molar-refractivity contribution is 6.03. The minimum atomic E-state index is -1.06. The molecule has 1 aliphatic heterocycles. The smallest absolute Gasteiger partial charge is 0.275 e. The van der Waals surface area contributed by atoms with Crippen molar-refractivity contribution in [1.29, 1.82) is 0 Å². The predicted molar refractivity (Wildman–Crippen MR) is 153 cm³/mol. The Balaban J connectivity index is 1.50. The zero-order chi connectivity index (χ0) is 28.8. The Morgan fingerprint density at radius 2 is 1.88 bits per heavy atom. The highest BCUT2D eigenvalue weighted by Crippen LogP contribution is 2.30. The molecular weight excluding hydrogens is 516 g/mol. The first-order chi connectivity index (χ1) is 19.2. The molecule has 1 amide bonds. The van der Waals surface area contributed by atoms with Crippen molar-refractivity contribution in [1.82, 2.24) is 24.4 Å². The van der Waals surface area contributed by atoms with E-state index in [1.807, 2.05) is 42.7 Å². The number of rotatable bonds is 10. The van der Waals surface area contributed by atoms with Crippen LogP contribution in [-0.4, -0.2) is 74.8 Å². The third-order valence-electron chi connectivity index (χ3n) is 6.79. The minimum Gasteiger partial charge on any atom is -0.395 e. The minimum absolute atomic E-state index is 0.00658. The van der Waals surface area contributed by atoms with Crippen molar-refractivity contribution < 1.29 is 18.7 Å². The number of nitrogens with one attached hydrogen (secondary N) is 2. The number of allylic oxidation sites excluding steroid dienone is 5. The topological polar surface area (TPSA) is 102 Å². The average molecular weight is 552 g/mol. The lowest BCUT2D eigenvalue weighted by molar-refractivity contribution is 0.102. The number of aliphatic hydroxyl groups excluding tert-OH is 1. The number of H-pyrrole nitrogens is 1. The third-order valence-corrected chi connectivity index (χ3v) is 6.79. The van der Waals surface area contributed by atoms with Crippen LogP contribution in [-0.2, 0) is 0 Å². The molecule has 0 atom stereocenters. The van der Waals surface area contributed by atoms with Gasteiger partial charge in [0.2, 0.25) is 0 Å². The summed E-state index contributed by atoms with van der Waals surface area (Å²) in [5.74, 6) is -2.12. The molecule has 11 heteroatoms. The normalized spacial score (nSPS) is 15.4. The van der Waals surface area contributed by atoms with E-state index in [9.17, 15) is 13.6 Å². The molecule has 1 saturated heterocycles. The van der Waals surface area contributed by atoms with Gasteiger partial charge in [0.05, 0.1) is 18.6 Å². The number of carbonyl (C=O) groups is 1. The van der Waals surface area contributed by atoms with Crippen molar-refractivity contribution in [2.24, 2.45) is 0 Å². The van der Waals surface area contributed by atoms with E-state index in [1.165, 1.54) is 6.20 Å². The first kappa shape index (κ1) is 28.9. The fourth-order valence-electron chi connectivity index (χ4n) is 4.58. The summed E-state index contributed by atoms with van der Waals surface area (Å²) >= 11 is 0. The number of anilines is 2. The zero-order valence-corrected chi connectivity index (χ0v) is 23.0. The monoisotopic (exact) mass is 551 g/mol. The summed E-state index contributed by atoms with van der Waals surface area (Å²) in [6, 6.07) is 7.64. The quantitative estimate of drug-likeness (QED) is 0.308. The lowest BCUT2D eigenvalue weighted by atomic mass is 10.1. The van der Waals surface area contributed by atoms with Gasteiger partial charge in [0.1, 0.15) is 11.4 Å². The molecule has 1 aromatic carbocycles. The van der Waals surface area contributed by atoms with Crippen LogP contribution in [0.15, 0.2) is 67.2 Å². The predicted octanol–water partition coefficient (Wildman–Crippen LogP) is 4.96. The van der Waals surface area contributed by atoms with Crippen molar-refractivity contribution in [3.05, 3.63) is 78.6 Å². The number of aromatic nitrogens is 4. The van der Waals surface area contributed by atoms with Crippen molar-refractivity contribution >= 4 is 22.9 Å². The van der Waals surface area contributed by atoms with E-state index in [-0.39, 0.29) is 24.2 Å². The molecule has 0 bridgehead atoms. The van der Waals surface area contributed by atoms with E-state index in [1.54, 1.807) is 13.3 Å². The van der Waals surface area contributed by atoms with E-state index in [2.05, 4.69) is 36.6 Å². The summed E-state index contributed by atoms with van der Waals surface area (Å²) in [4.78, 5) is 29.5. The maximum Gasteiger partial charge on any atom is 0.275 e. The van der Waals surface area contributed by atoms with Crippen LogP contribution >= 0.6 is 0 Å². The number of piperazine rings is 1. The number of halogens is 2. The fourth-order valence-corrected chi connectivity index (χ4v) is 4.58. The van der Waals surface area contributed by atoms with E-state index >= 15 is 0 Å². The molecule has 1 aliphatic rings. The van der Waals surface area contributed by atoms with Gasteiger partial charge in [-0.1, -0.05) is 6.58 Å². The van der Waals surface area contributed by atoms with Crippen LogP contribution in [0.3, 0.4) is 0 Å². The number of aromatic amines is 1. The molecule has 2 aromatic heterocycles. The van der Waals surface area contributed by atoms with Gasteiger partial charge in [-0.15, -0.1) is 0 Å². The van der Waals surface area contributed by atoms with Crippen molar-refractivity contribution in [2.45, 2.75) is 26.8 Å². The Morgan fingerprint density at radius 3 is 2.50 bits per heavy atom. The number of β-amino-alcohol motifs (C(OH)–C–C–N with tert-alkyl or cyclic N) is 1. The fraction of sp³-hybridized carbons (Fsp3) is 0.345. The number of nitrogens with zero attached hydrogens (tertiary/aromatic N) is 5. The Bertz CT molecular complexity index is 1400. The molecule has 1 fully saturated rings. The standard InChI is InChI=1S/C29H35F2N7O2/c1-5-23(30)24(31)16-20(4)26-27(38(18-33-26)19(2)3)28-32-17-25(35-28)29(40)34-21-6-8-22(9-7-21)37-12-10-36(11-13-37)14-15-39/h5-9,16-19,39H,1,10-15H2,2-4H3,(H,32,35)(H,34,40)/b20-16+,24-23-. The second-order valence-electron chi connectivity index (χ2n) is 9.86. The van der Waals surface area contributed by atoms with Crippen molar-refractivity contribution in [2.75, 3.05) is 49.5 Å². The van der Waals surface area contributed by atoms with Crippen molar-refractivity contribution in [3.8, 4) is 11.5 Å². The van der Waals surface area contributed by atoms with Crippen LogP contribution in [0.1, 0.15) is 43.0 Å². The van der Waals surface area contributed by atoms with Crippen LogP contribution in [0.5, 0.6) is 0 Å². The van der Waals surface area contributed by atoms with Crippen LogP contribution < -0.4 is 10.2 Å². The second kappa shape index (κ2) is 12.8. The maximum absolute atomic E-state index is 14.2. The first-order valence-electron chi connectivity index (χ1n) is 13.2. The summed E-state index contributed by atoms with van der Waals surface area (Å²) in [6.45, 7) is 13.2. The molecule has 0 spiro atoms. The Morgan fingerprint density at radius 1 is 1.18 bits per heavy atom. The van der Waals surface area contributed by atoms with Crippen LogP contribution in [0.2, 0.25) is 0 Å². The molecular formula is C29H35F2N7O2. The highest BCUT2D eigenvalue weighted by Gasteiger charge is 2.22. The van der Waals surface area contributed by atoms with Crippen LogP contribution in [0, 0.1) is 0 Å². The number of imidazole rings is 2. The van der Waals surface area contributed by atoms with Gasteiger partial charge in [-0.05, 0) is 62.8 Å². The molecule has 0 saturated carbocycles. The van der Waals surface area contributed by atoms with Gasteiger partial charge in [-0.2, -0.15) is 0 Å². The van der Waals surface area contributed by atoms with Gasteiger partial charge < -0.3 is 24.9 Å². The number of hydrogen-bond acceptors (Lipinski definition) is 6. The molecule has 3 N–H and O–H groups in total. The van der Waals surface area contributed by atoms with Gasteiger partial charge in [0.15, 0.2) is 17.5 Å².